The van der Waals surface area contributed by atoms with Crippen LogP contribution in [0.5, 0.6) is 0 Å². The van der Waals surface area contributed by atoms with Gasteiger partial charge in [0.05, 0.1) is 30.0 Å². The number of hydrogen-bond donors (Lipinski definition) is 0. The van der Waals surface area contributed by atoms with Crippen LogP contribution in [-0.4, -0.2) is 15.9 Å². The monoisotopic (exact) mass is 365 g/mol. The fraction of sp³-hybridized carbons (Fsp3) is 0.190. The van der Waals surface area contributed by atoms with Crippen molar-refractivity contribution in [1.29, 1.82) is 0 Å². The molecule has 1 aromatic carbocycles. The van der Waals surface area contributed by atoms with E-state index in [0.29, 0.717) is 23.5 Å². The van der Waals surface area contributed by atoms with Crippen molar-refractivity contribution in [3.63, 3.8) is 0 Å². The first-order chi connectivity index (χ1) is 13.0. The smallest absolute Gasteiger partial charge is 0.233 e. The van der Waals surface area contributed by atoms with E-state index < -0.39 is 11.6 Å². The lowest BCUT2D eigenvalue weighted by molar-refractivity contribution is -0.117. The molecule has 0 N–H and O–H groups in total. The molecule has 0 radical (unpaired) electrons. The molecule has 1 amide bonds. The average Bonchev–Trinajstić information content (AvgIpc) is 2.96. The standard InChI is InChI=1S/C21H17F2N3O/c1-12-4-3-7-24-18(12)11-26-19-8-14(10-25-17(19)9-20(26)27)15-5-6-16(22)13(2)21(15)23/h3-8,10H,9,11H2,1-2H3. The average molecular weight is 365 g/mol. The van der Waals surface area contributed by atoms with Crippen LogP contribution in [0.4, 0.5) is 14.5 Å². The number of amides is 1. The number of anilines is 1. The summed E-state index contributed by atoms with van der Waals surface area (Å²) < 4.78 is 28.1. The van der Waals surface area contributed by atoms with Gasteiger partial charge in [-0.1, -0.05) is 6.07 Å². The van der Waals surface area contributed by atoms with Gasteiger partial charge in [-0.05, 0) is 43.7 Å². The van der Waals surface area contributed by atoms with E-state index in [0.717, 1.165) is 11.3 Å². The highest BCUT2D eigenvalue weighted by Gasteiger charge is 2.30. The van der Waals surface area contributed by atoms with Crippen molar-refractivity contribution in [2.24, 2.45) is 0 Å². The van der Waals surface area contributed by atoms with Gasteiger partial charge in [0.25, 0.3) is 0 Å². The summed E-state index contributed by atoms with van der Waals surface area (Å²) in [5, 5.41) is 0. The fourth-order valence-corrected chi connectivity index (χ4v) is 3.26. The first-order valence-electron chi connectivity index (χ1n) is 8.60. The molecule has 0 saturated heterocycles. The Morgan fingerprint density at radius 1 is 1.15 bits per heavy atom. The van der Waals surface area contributed by atoms with Crippen LogP contribution in [0.25, 0.3) is 11.1 Å². The summed E-state index contributed by atoms with van der Waals surface area (Å²) in [5.41, 5.74) is 3.81. The van der Waals surface area contributed by atoms with E-state index in [2.05, 4.69) is 9.97 Å². The molecule has 2 aromatic heterocycles. The van der Waals surface area contributed by atoms with E-state index in [1.807, 2.05) is 19.1 Å². The molecule has 3 heterocycles. The van der Waals surface area contributed by atoms with Crippen LogP contribution in [0, 0.1) is 25.5 Å². The number of aromatic nitrogens is 2. The Bertz CT molecular complexity index is 1070. The Balaban J connectivity index is 1.75. The van der Waals surface area contributed by atoms with Crippen molar-refractivity contribution in [3.05, 3.63) is 76.9 Å². The van der Waals surface area contributed by atoms with Gasteiger partial charge in [-0.25, -0.2) is 8.78 Å². The third kappa shape index (κ3) is 2.97. The third-order valence-electron chi connectivity index (χ3n) is 4.91. The molecule has 3 aromatic rings. The first kappa shape index (κ1) is 17.3. The quantitative estimate of drug-likeness (QED) is 0.701. The van der Waals surface area contributed by atoms with Gasteiger partial charge < -0.3 is 4.90 Å². The van der Waals surface area contributed by atoms with Gasteiger partial charge in [-0.2, -0.15) is 0 Å². The van der Waals surface area contributed by atoms with Crippen LogP contribution in [0.1, 0.15) is 22.5 Å². The van der Waals surface area contributed by atoms with Gasteiger partial charge in [0.2, 0.25) is 5.91 Å². The second-order valence-corrected chi connectivity index (χ2v) is 6.65. The lowest BCUT2D eigenvalue weighted by atomic mass is 10.0. The molecular formula is C21H17F2N3O. The summed E-state index contributed by atoms with van der Waals surface area (Å²) >= 11 is 0. The van der Waals surface area contributed by atoms with E-state index in [9.17, 15) is 13.6 Å². The van der Waals surface area contributed by atoms with Crippen molar-refractivity contribution in [2.75, 3.05) is 4.90 Å². The van der Waals surface area contributed by atoms with Gasteiger partial charge in [0, 0.05) is 29.1 Å². The Labute approximate surface area is 155 Å². The van der Waals surface area contributed by atoms with Crippen molar-refractivity contribution in [1.82, 2.24) is 9.97 Å². The minimum Gasteiger partial charge on any atom is -0.304 e. The second-order valence-electron chi connectivity index (χ2n) is 6.65. The number of carbonyl (C=O) groups is 1. The maximum absolute atomic E-state index is 14.5. The second kappa shape index (κ2) is 6.54. The highest BCUT2D eigenvalue weighted by molar-refractivity contribution is 6.01. The molecule has 0 spiro atoms. The van der Waals surface area contributed by atoms with Crippen LogP contribution >= 0.6 is 0 Å². The van der Waals surface area contributed by atoms with Crippen LogP contribution in [-0.2, 0) is 17.8 Å². The van der Waals surface area contributed by atoms with E-state index in [-0.39, 0.29) is 23.5 Å². The van der Waals surface area contributed by atoms with Crippen molar-refractivity contribution < 1.29 is 13.6 Å². The molecule has 1 aliphatic heterocycles. The number of pyridine rings is 2. The van der Waals surface area contributed by atoms with Crippen LogP contribution in [0.3, 0.4) is 0 Å². The summed E-state index contributed by atoms with van der Waals surface area (Å²) in [6.07, 6.45) is 3.42. The van der Waals surface area contributed by atoms with Crippen molar-refractivity contribution >= 4 is 11.6 Å². The van der Waals surface area contributed by atoms with Crippen LogP contribution in [0.15, 0.2) is 42.7 Å². The topological polar surface area (TPSA) is 46.1 Å². The fourth-order valence-electron chi connectivity index (χ4n) is 3.26. The number of aryl methyl sites for hydroxylation is 1. The zero-order valence-corrected chi connectivity index (χ0v) is 15.0. The Kier molecular flexibility index (Phi) is 4.18. The molecule has 136 valence electrons. The largest absolute Gasteiger partial charge is 0.304 e. The maximum atomic E-state index is 14.5. The lowest BCUT2D eigenvalue weighted by Crippen LogP contribution is -2.26. The number of rotatable bonds is 3. The first-order valence-corrected chi connectivity index (χ1v) is 8.60. The number of hydrogen-bond acceptors (Lipinski definition) is 3. The summed E-state index contributed by atoms with van der Waals surface area (Å²) in [6.45, 7) is 3.67. The predicted molar refractivity (Wildman–Crippen MR) is 98.2 cm³/mol. The van der Waals surface area contributed by atoms with E-state index in [1.54, 1.807) is 17.2 Å². The molecule has 4 rings (SSSR count). The Morgan fingerprint density at radius 3 is 2.74 bits per heavy atom. The number of fused-ring (bicyclic) bond motifs is 1. The van der Waals surface area contributed by atoms with Crippen molar-refractivity contribution in [3.8, 4) is 11.1 Å². The van der Waals surface area contributed by atoms with Gasteiger partial charge in [-0.3, -0.25) is 14.8 Å². The zero-order chi connectivity index (χ0) is 19.1. The van der Waals surface area contributed by atoms with E-state index in [1.165, 1.54) is 25.3 Å². The number of nitrogens with zero attached hydrogens (tertiary/aromatic N) is 3. The Morgan fingerprint density at radius 2 is 1.96 bits per heavy atom. The maximum Gasteiger partial charge on any atom is 0.233 e. The SMILES string of the molecule is Cc1cccnc1CN1C(=O)Cc2ncc(-c3ccc(F)c(C)c3F)cc21. The Hall–Kier alpha value is -3.15. The minimum absolute atomic E-state index is 0.0370. The molecular weight excluding hydrogens is 348 g/mol. The molecule has 27 heavy (non-hydrogen) atoms. The molecule has 6 heteroatoms. The highest BCUT2D eigenvalue weighted by Crippen LogP contribution is 2.34. The van der Waals surface area contributed by atoms with E-state index >= 15 is 0 Å². The van der Waals surface area contributed by atoms with Gasteiger partial charge >= 0.3 is 0 Å². The summed E-state index contributed by atoms with van der Waals surface area (Å²) in [5.74, 6) is -1.28. The van der Waals surface area contributed by atoms with Gasteiger partial charge in [-0.15, -0.1) is 0 Å². The molecule has 0 aliphatic carbocycles. The van der Waals surface area contributed by atoms with Crippen molar-refractivity contribution in [2.45, 2.75) is 26.8 Å². The molecule has 0 atom stereocenters. The minimum atomic E-state index is -0.617. The highest BCUT2D eigenvalue weighted by atomic mass is 19.1. The number of benzene rings is 1. The molecule has 0 fully saturated rings. The summed E-state index contributed by atoms with van der Waals surface area (Å²) in [7, 11) is 0. The van der Waals surface area contributed by atoms with Gasteiger partial charge in [0.1, 0.15) is 11.6 Å². The number of carbonyl (C=O) groups excluding carboxylic acids is 1. The number of halogens is 2. The molecule has 4 nitrogen and oxygen atoms in total. The molecule has 0 bridgehead atoms. The predicted octanol–water partition coefficient (Wildman–Crippen LogP) is 4.13. The molecule has 1 aliphatic rings. The van der Waals surface area contributed by atoms with Gasteiger partial charge in [0.15, 0.2) is 0 Å². The molecule has 0 saturated carbocycles. The van der Waals surface area contributed by atoms with Crippen LogP contribution in [0.2, 0.25) is 0 Å². The lowest BCUT2D eigenvalue weighted by Gasteiger charge is -2.18. The summed E-state index contributed by atoms with van der Waals surface area (Å²) in [4.78, 5) is 22.8. The van der Waals surface area contributed by atoms with E-state index in [4.69, 9.17) is 0 Å². The molecule has 0 unspecified atom stereocenters. The third-order valence-corrected chi connectivity index (χ3v) is 4.91. The normalized spacial score (nSPS) is 13.2. The zero-order valence-electron chi connectivity index (χ0n) is 15.0. The van der Waals surface area contributed by atoms with Crippen LogP contribution < -0.4 is 4.90 Å². The summed E-state index contributed by atoms with van der Waals surface area (Å²) in [6, 6.07) is 8.15.